The van der Waals surface area contributed by atoms with Gasteiger partial charge < -0.3 is 18.6 Å². The lowest BCUT2D eigenvalue weighted by atomic mass is 10.1. The monoisotopic (exact) mass is 482 g/mol. The van der Waals surface area contributed by atoms with Crippen LogP contribution in [0.1, 0.15) is 28.9 Å². The van der Waals surface area contributed by atoms with Gasteiger partial charge in [-0.3, -0.25) is 9.59 Å². The molecule has 0 saturated carbocycles. The zero-order valence-electron chi connectivity index (χ0n) is 16.6. The molecule has 0 unspecified atom stereocenters. The highest BCUT2D eigenvalue weighted by Gasteiger charge is 2.27. The van der Waals surface area contributed by atoms with Gasteiger partial charge >= 0.3 is 0 Å². The van der Waals surface area contributed by atoms with E-state index in [9.17, 15) is 14.9 Å². The van der Waals surface area contributed by atoms with Gasteiger partial charge in [0.2, 0.25) is 17.5 Å². The number of carbonyl (C=O) groups excluding carboxylic acids is 2. The number of Topliss-reactive ketones (excluding diaryl/α,β-unsaturated/α-hetero) is 1. The van der Waals surface area contributed by atoms with Crippen LogP contribution in [0.15, 0.2) is 56.0 Å². The van der Waals surface area contributed by atoms with Crippen molar-refractivity contribution in [1.29, 1.82) is 5.26 Å². The molecule has 0 N–H and O–H groups in total. The van der Waals surface area contributed by atoms with Crippen molar-refractivity contribution < 1.29 is 18.4 Å². The molecule has 8 nitrogen and oxygen atoms in total. The van der Waals surface area contributed by atoms with Crippen LogP contribution in [-0.2, 0) is 4.79 Å². The Morgan fingerprint density at radius 2 is 1.84 bits per heavy atom. The van der Waals surface area contributed by atoms with Gasteiger partial charge in [0.05, 0.1) is 6.26 Å². The summed E-state index contributed by atoms with van der Waals surface area (Å²) in [5, 5.41) is 9.40. The first-order valence-corrected chi connectivity index (χ1v) is 10.6. The van der Waals surface area contributed by atoms with Gasteiger partial charge in [-0.15, -0.1) is 0 Å². The summed E-state index contributed by atoms with van der Waals surface area (Å²) < 4.78 is 12.0. The fraction of sp³-hybridized carbons (Fsp3) is 0.273. The molecule has 3 heterocycles. The van der Waals surface area contributed by atoms with Gasteiger partial charge in [-0.1, -0.05) is 28.1 Å². The summed E-state index contributed by atoms with van der Waals surface area (Å²) in [7, 11) is 0. The Bertz CT molecular complexity index is 1110. The fourth-order valence-electron chi connectivity index (χ4n) is 3.42. The van der Waals surface area contributed by atoms with Crippen LogP contribution < -0.4 is 4.90 Å². The molecule has 3 aromatic rings. The zero-order valence-corrected chi connectivity index (χ0v) is 18.2. The first-order valence-electron chi connectivity index (χ1n) is 9.81. The van der Waals surface area contributed by atoms with E-state index in [-0.39, 0.29) is 36.1 Å². The third kappa shape index (κ3) is 4.70. The van der Waals surface area contributed by atoms with Crippen LogP contribution in [0.4, 0.5) is 5.88 Å². The van der Waals surface area contributed by atoms with E-state index >= 15 is 0 Å². The number of amides is 1. The number of nitriles is 1. The summed E-state index contributed by atoms with van der Waals surface area (Å²) >= 11 is 3.34. The Labute approximate surface area is 187 Å². The third-order valence-corrected chi connectivity index (χ3v) is 5.63. The summed E-state index contributed by atoms with van der Waals surface area (Å²) in [4.78, 5) is 32.7. The molecular weight excluding hydrogens is 464 g/mol. The van der Waals surface area contributed by atoms with Crippen molar-refractivity contribution >= 4 is 33.5 Å². The molecule has 1 fully saturated rings. The van der Waals surface area contributed by atoms with E-state index in [1.165, 1.54) is 6.26 Å². The number of piperazine rings is 1. The smallest absolute Gasteiger partial charge is 0.266 e. The first kappa shape index (κ1) is 20.9. The number of nitrogens with zero attached hydrogens (tertiary/aromatic N) is 4. The van der Waals surface area contributed by atoms with Crippen LogP contribution in [0, 0.1) is 11.3 Å². The molecule has 158 valence electrons. The van der Waals surface area contributed by atoms with Gasteiger partial charge in [-0.05, 0) is 24.3 Å². The Kier molecular flexibility index (Phi) is 6.18. The van der Waals surface area contributed by atoms with E-state index in [2.05, 4.69) is 27.0 Å². The van der Waals surface area contributed by atoms with Crippen molar-refractivity contribution in [2.24, 2.45) is 0 Å². The van der Waals surface area contributed by atoms with Crippen LogP contribution in [0.5, 0.6) is 0 Å². The van der Waals surface area contributed by atoms with Crippen LogP contribution in [0.2, 0.25) is 0 Å². The lowest BCUT2D eigenvalue weighted by molar-refractivity contribution is -0.131. The first-order chi connectivity index (χ1) is 15.0. The molecular formula is C22H19BrN4O4. The molecule has 1 amide bonds. The summed E-state index contributed by atoms with van der Waals surface area (Å²) in [6.45, 7) is 1.97. The quantitative estimate of drug-likeness (QED) is 0.490. The number of oxazole rings is 1. The Morgan fingerprint density at radius 3 is 2.48 bits per heavy atom. The zero-order chi connectivity index (χ0) is 21.8. The van der Waals surface area contributed by atoms with Gasteiger partial charge in [0.15, 0.2) is 11.5 Å². The molecule has 0 spiro atoms. The normalized spacial score (nSPS) is 13.8. The minimum Gasteiger partial charge on any atom is -0.459 e. The molecule has 0 bridgehead atoms. The number of rotatable bonds is 6. The average molecular weight is 483 g/mol. The third-order valence-electron chi connectivity index (χ3n) is 5.10. The maximum Gasteiger partial charge on any atom is 0.266 e. The van der Waals surface area contributed by atoms with Gasteiger partial charge in [-0.25, -0.2) is 0 Å². The Morgan fingerprint density at radius 1 is 1.10 bits per heavy atom. The topological polar surface area (TPSA) is 104 Å². The van der Waals surface area contributed by atoms with Gasteiger partial charge in [0, 0.05) is 49.1 Å². The standard InChI is InChI=1S/C22H19BrN4O4/c23-16-5-3-15(4-6-16)18(28)7-8-20(29)26-9-11-27(12-10-26)22-17(14-24)25-21(31-22)19-2-1-13-30-19/h1-6,13H,7-12H2. The molecule has 1 saturated heterocycles. The predicted octanol–water partition coefficient (Wildman–Crippen LogP) is 3.88. The average Bonchev–Trinajstić information content (AvgIpc) is 3.47. The van der Waals surface area contributed by atoms with E-state index in [0.717, 1.165) is 4.47 Å². The molecule has 1 aliphatic heterocycles. The molecule has 0 radical (unpaired) electrons. The van der Waals surface area contributed by atoms with E-state index < -0.39 is 0 Å². The minimum absolute atomic E-state index is 0.0507. The van der Waals surface area contributed by atoms with E-state index in [1.54, 1.807) is 29.2 Å². The van der Waals surface area contributed by atoms with Crippen LogP contribution >= 0.6 is 15.9 Å². The van der Waals surface area contributed by atoms with Crippen LogP contribution in [0.25, 0.3) is 11.7 Å². The summed E-state index contributed by atoms with van der Waals surface area (Å²) in [6, 6.07) is 12.6. The lowest BCUT2D eigenvalue weighted by Crippen LogP contribution is -2.49. The maximum atomic E-state index is 12.6. The van der Waals surface area contributed by atoms with Crippen molar-refractivity contribution in [2.45, 2.75) is 12.8 Å². The van der Waals surface area contributed by atoms with Crippen molar-refractivity contribution in [3.8, 4) is 17.7 Å². The molecule has 2 aromatic heterocycles. The van der Waals surface area contributed by atoms with Gasteiger partial charge in [-0.2, -0.15) is 10.2 Å². The summed E-state index contributed by atoms with van der Waals surface area (Å²) in [5.41, 5.74) is 0.786. The number of halogens is 1. The highest BCUT2D eigenvalue weighted by Crippen LogP contribution is 2.29. The number of furan rings is 1. The summed E-state index contributed by atoms with van der Waals surface area (Å²) in [6.07, 6.45) is 1.86. The van der Waals surface area contributed by atoms with Crippen LogP contribution in [0.3, 0.4) is 0 Å². The molecule has 1 aromatic carbocycles. The molecule has 0 atom stereocenters. The predicted molar refractivity (Wildman–Crippen MR) is 115 cm³/mol. The van der Waals surface area contributed by atoms with E-state index in [4.69, 9.17) is 8.83 Å². The second kappa shape index (κ2) is 9.18. The molecule has 4 rings (SSSR count). The van der Waals surface area contributed by atoms with Crippen molar-refractivity contribution in [2.75, 3.05) is 31.1 Å². The van der Waals surface area contributed by atoms with E-state index in [0.29, 0.717) is 43.4 Å². The molecule has 1 aliphatic rings. The minimum atomic E-state index is -0.0561. The largest absolute Gasteiger partial charge is 0.459 e. The van der Waals surface area contributed by atoms with Gasteiger partial charge in [0.25, 0.3) is 5.89 Å². The molecule has 9 heteroatoms. The Hall–Kier alpha value is -3.38. The van der Waals surface area contributed by atoms with Crippen molar-refractivity contribution in [1.82, 2.24) is 9.88 Å². The molecule has 31 heavy (non-hydrogen) atoms. The van der Waals surface area contributed by atoms with Crippen LogP contribution in [-0.4, -0.2) is 47.8 Å². The summed E-state index contributed by atoms with van der Waals surface area (Å²) in [5.74, 6) is 0.977. The SMILES string of the molecule is N#Cc1nc(-c2ccco2)oc1N1CCN(C(=O)CCC(=O)c2ccc(Br)cc2)CC1. The number of benzene rings is 1. The highest BCUT2D eigenvalue weighted by molar-refractivity contribution is 9.10. The number of carbonyl (C=O) groups is 2. The van der Waals surface area contributed by atoms with E-state index in [1.807, 2.05) is 17.0 Å². The van der Waals surface area contributed by atoms with Crippen molar-refractivity contribution in [3.05, 3.63) is 58.4 Å². The lowest BCUT2D eigenvalue weighted by Gasteiger charge is -2.34. The second-order valence-electron chi connectivity index (χ2n) is 7.06. The second-order valence-corrected chi connectivity index (χ2v) is 7.98. The Balaban J connectivity index is 1.32. The number of aromatic nitrogens is 1. The van der Waals surface area contributed by atoms with Gasteiger partial charge in [0.1, 0.15) is 6.07 Å². The van der Waals surface area contributed by atoms with Crippen molar-refractivity contribution in [3.63, 3.8) is 0 Å². The molecule has 0 aliphatic carbocycles. The number of anilines is 1. The number of hydrogen-bond donors (Lipinski definition) is 0. The maximum absolute atomic E-state index is 12.6. The number of ketones is 1. The number of hydrogen-bond acceptors (Lipinski definition) is 7. The fourth-order valence-corrected chi connectivity index (χ4v) is 3.69. The highest BCUT2D eigenvalue weighted by atomic mass is 79.9.